The molecule has 2 aromatic carbocycles. The fourth-order valence-corrected chi connectivity index (χ4v) is 2.22. The van der Waals surface area contributed by atoms with Gasteiger partial charge in [-0.1, -0.05) is 12.1 Å². The fourth-order valence-electron chi connectivity index (χ4n) is 1.81. The normalized spacial score (nSPS) is 10.2. The summed E-state index contributed by atoms with van der Waals surface area (Å²) in [6.07, 6.45) is 2.02. The lowest BCUT2D eigenvalue weighted by Crippen LogP contribution is -2.04. The first-order valence-corrected chi connectivity index (χ1v) is 7.53. The maximum Gasteiger partial charge on any atom is 0.339 e. The minimum absolute atomic E-state index is 0.0927. The average molecular weight is 304 g/mol. The number of hydrogen-bond acceptors (Lipinski definition) is 4. The standard InChI is InChI=1S/C16H16O4S/c1-19-12-5-8-15(14(9-12)16(17)18)20-10-11-3-6-13(21-2)7-4-11/h3-9H,10H2,1-2H3,(H,17,18). The van der Waals surface area contributed by atoms with Crippen LogP contribution in [0.3, 0.4) is 0 Å². The highest BCUT2D eigenvalue weighted by Gasteiger charge is 2.13. The number of rotatable bonds is 6. The van der Waals surface area contributed by atoms with Crippen molar-refractivity contribution in [2.45, 2.75) is 11.5 Å². The molecule has 0 saturated heterocycles. The van der Waals surface area contributed by atoms with Crippen LogP contribution in [0.15, 0.2) is 47.4 Å². The molecule has 4 nitrogen and oxygen atoms in total. The second kappa shape index (κ2) is 7.04. The van der Waals surface area contributed by atoms with E-state index in [1.54, 1.807) is 23.9 Å². The minimum atomic E-state index is -1.04. The molecule has 0 aliphatic heterocycles. The first-order chi connectivity index (χ1) is 10.1. The zero-order valence-electron chi connectivity index (χ0n) is 11.8. The second-order valence-corrected chi connectivity index (χ2v) is 5.18. The molecule has 0 amide bonds. The Bertz CT molecular complexity index is 623. The minimum Gasteiger partial charge on any atom is -0.497 e. The van der Waals surface area contributed by atoms with E-state index in [0.29, 0.717) is 18.1 Å². The van der Waals surface area contributed by atoms with E-state index in [-0.39, 0.29) is 5.56 Å². The zero-order chi connectivity index (χ0) is 15.2. The van der Waals surface area contributed by atoms with Crippen LogP contribution in [0.1, 0.15) is 15.9 Å². The monoisotopic (exact) mass is 304 g/mol. The molecule has 2 rings (SSSR count). The summed E-state index contributed by atoms with van der Waals surface area (Å²) in [7, 11) is 1.49. The third-order valence-electron chi connectivity index (χ3n) is 2.97. The van der Waals surface area contributed by atoms with Gasteiger partial charge in [0.1, 0.15) is 23.7 Å². The van der Waals surface area contributed by atoms with Crippen LogP contribution in [0.2, 0.25) is 0 Å². The van der Waals surface area contributed by atoms with Crippen LogP contribution in [0.25, 0.3) is 0 Å². The van der Waals surface area contributed by atoms with Crippen molar-refractivity contribution in [2.75, 3.05) is 13.4 Å². The summed E-state index contributed by atoms with van der Waals surface area (Å²) < 4.78 is 10.6. The molecule has 0 aliphatic rings. The van der Waals surface area contributed by atoms with Crippen LogP contribution < -0.4 is 9.47 Å². The zero-order valence-corrected chi connectivity index (χ0v) is 12.6. The van der Waals surface area contributed by atoms with Crippen molar-refractivity contribution in [1.82, 2.24) is 0 Å². The number of methoxy groups -OCH3 is 1. The van der Waals surface area contributed by atoms with Crippen molar-refractivity contribution in [3.63, 3.8) is 0 Å². The summed E-state index contributed by atoms with van der Waals surface area (Å²) in [5.41, 5.74) is 1.08. The van der Waals surface area contributed by atoms with Gasteiger partial charge in [-0.25, -0.2) is 4.79 Å². The smallest absolute Gasteiger partial charge is 0.339 e. The van der Waals surface area contributed by atoms with E-state index < -0.39 is 5.97 Å². The van der Waals surface area contributed by atoms with E-state index in [4.69, 9.17) is 9.47 Å². The van der Waals surface area contributed by atoms with E-state index in [1.807, 2.05) is 30.5 Å². The molecule has 0 fully saturated rings. The Labute approximate surface area is 127 Å². The molecular weight excluding hydrogens is 288 g/mol. The quantitative estimate of drug-likeness (QED) is 0.825. The number of carbonyl (C=O) groups is 1. The third-order valence-corrected chi connectivity index (χ3v) is 3.71. The van der Waals surface area contributed by atoms with Gasteiger partial charge in [-0.3, -0.25) is 0 Å². The molecule has 0 saturated carbocycles. The van der Waals surface area contributed by atoms with Gasteiger partial charge < -0.3 is 14.6 Å². The Kier molecular flexibility index (Phi) is 5.11. The molecular formula is C16H16O4S. The van der Waals surface area contributed by atoms with Crippen molar-refractivity contribution < 1.29 is 19.4 Å². The van der Waals surface area contributed by atoms with Gasteiger partial charge in [-0.05, 0) is 42.2 Å². The summed E-state index contributed by atoms with van der Waals surface area (Å²) in [6, 6.07) is 12.7. The number of hydrogen-bond donors (Lipinski definition) is 1. The molecule has 0 unspecified atom stereocenters. The van der Waals surface area contributed by atoms with Gasteiger partial charge in [0.25, 0.3) is 0 Å². The van der Waals surface area contributed by atoms with Crippen LogP contribution in [-0.4, -0.2) is 24.4 Å². The first kappa shape index (κ1) is 15.3. The highest BCUT2D eigenvalue weighted by atomic mass is 32.2. The molecule has 0 aliphatic carbocycles. The van der Waals surface area contributed by atoms with E-state index in [2.05, 4.69) is 0 Å². The lowest BCUT2D eigenvalue weighted by Gasteiger charge is -2.11. The van der Waals surface area contributed by atoms with Crippen molar-refractivity contribution >= 4 is 17.7 Å². The lowest BCUT2D eigenvalue weighted by atomic mass is 10.2. The van der Waals surface area contributed by atoms with E-state index >= 15 is 0 Å². The van der Waals surface area contributed by atoms with Crippen LogP contribution in [-0.2, 0) is 6.61 Å². The van der Waals surface area contributed by atoms with Crippen LogP contribution in [0, 0.1) is 0 Å². The predicted octanol–water partition coefficient (Wildman–Crippen LogP) is 3.69. The molecule has 0 bridgehead atoms. The van der Waals surface area contributed by atoms with E-state index in [9.17, 15) is 9.90 Å². The van der Waals surface area contributed by atoms with Gasteiger partial charge >= 0.3 is 5.97 Å². The molecule has 0 heterocycles. The summed E-state index contributed by atoms with van der Waals surface area (Å²) in [5, 5.41) is 9.21. The summed E-state index contributed by atoms with van der Waals surface area (Å²) in [6.45, 7) is 0.321. The molecule has 0 radical (unpaired) electrons. The fraction of sp³-hybridized carbons (Fsp3) is 0.188. The predicted molar refractivity (Wildman–Crippen MR) is 82.5 cm³/mol. The Morgan fingerprint density at radius 3 is 2.48 bits per heavy atom. The molecule has 21 heavy (non-hydrogen) atoms. The van der Waals surface area contributed by atoms with Crippen molar-refractivity contribution in [1.29, 1.82) is 0 Å². The van der Waals surface area contributed by atoms with Gasteiger partial charge in [0.05, 0.1) is 7.11 Å². The van der Waals surface area contributed by atoms with Crippen molar-refractivity contribution in [2.24, 2.45) is 0 Å². The lowest BCUT2D eigenvalue weighted by molar-refractivity contribution is 0.0691. The SMILES string of the molecule is COc1ccc(OCc2ccc(SC)cc2)c(C(=O)O)c1. The summed E-state index contributed by atoms with van der Waals surface area (Å²) in [4.78, 5) is 12.4. The van der Waals surface area contributed by atoms with Crippen LogP contribution in [0.4, 0.5) is 0 Å². The highest BCUT2D eigenvalue weighted by Crippen LogP contribution is 2.25. The highest BCUT2D eigenvalue weighted by molar-refractivity contribution is 7.98. The molecule has 110 valence electrons. The maximum atomic E-state index is 11.2. The molecule has 2 aromatic rings. The first-order valence-electron chi connectivity index (χ1n) is 6.31. The van der Waals surface area contributed by atoms with Crippen LogP contribution in [0.5, 0.6) is 11.5 Å². The van der Waals surface area contributed by atoms with Crippen LogP contribution >= 0.6 is 11.8 Å². The second-order valence-electron chi connectivity index (χ2n) is 4.30. The number of benzene rings is 2. The average Bonchev–Trinajstić information content (AvgIpc) is 2.53. The number of carboxylic acids is 1. The van der Waals surface area contributed by atoms with E-state index in [0.717, 1.165) is 5.56 Å². The summed E-state index contributed by atoms with van der Waals surface area (Å²) >= 11 is 1.67. The van der Waals surface area contributed by atoms with E-state index in [1.165, 1.54) is 18.1 Å². The van der Waals surface area contributed by atoms with Gasteiger partial charge in [0, 0.05) is 4.90 Å². The molecule has 0 aromatic heterocycles. The molecule has 0 atom stereocenters. The largest absolute Gasteiger partial charge is 0.497 e. The Morgan fingerprint density at radius 2 is 1.90 bits per heavy atom. The number of ether oxygens (including phenoxy) is 2. The van der Waals surface area contributed by atoms with Gasteiger partial charge in [-0.15, -0.1) is 11.8 Å². The Hall–Kier alpha value is -2.14. The molecule has 5 heteroatoms. The molecule has 0 spiro atoms. The summed E-state index contributed by atoms with van der Waals surface area (Å²) in [5.74, 6) is -0.219. The van der Waals surface area contributed by atoms with Gasteiger partial charge in [0.15, 0.2) is 0 Å². The van der Waals surface area contributed by atoms with Gasteiger partial charge in [0.2, 0.25) is 0 Å². The number of thioether (sulfide) groups is 1. The maximum absolute atomic E-state index is 11.2. The number of carboxylic acid groups (broad SMARTS) is 1. The topological polar surface area (TPSA) is 55.8 Å². The third kappa shape index (κ3) is 3.92. The molecule has 1 N–H and O–H groups in total. The number of aromatic carboxylic acids is 1. The van der Waals surface area contributed by atoms with Gasteiger partial charge in [-0.2, -0.15) is 0 Å². The Morgan fingerprint density at radius 1 is 1.19 bits per heavy atom. The van der Waals surface area contributed by atoms with Crippen molar-refractivity contribution in [3.05, 3.63) is 53.6 Å². The Balaban J connectivity index is 2.13. The van der Waals surface area contributed by atoms with Crippen molar-refractivity contribution in [3.8, 4) is 11.5 Å².